The fourth-order valence-electron chi connectivity index (χ4n) is 5.00. The van der Waals surface area contributed by atoms with Crippen LogP contribution in [0.25, 0.3) is 33.4 Å². The standard InChI is InChI=1S/C30H20O12/c31-13-6-17(34)27-19(36)8-23(42-24(27)7-13)12-3-14(29(39)21(38)5-12)26-18(35)10-25-28(30(26)40)20(37)9-22(41-25)11-1-2-15(32)16(33)4-11/h1-7,9-10,23,31-35,38-40H,8H2/t23-/m0/s1. The lowest BCUT2D eigenvalue weighted by atomic mass is 9.92. The van der Waals surface area contributed by atoms with E-state index in [0.29, 0.717) is 0 Å². The van der Waals surface area contributed by atoms with E-state index in [1.54, 1.807) is 0 Å². The van der Waals surface area contributed by atoms with Gasteiger partial charge in [0.05, 0.1) is 12.0 Å². The van der Waals surface area contributed by atoms with Crippen LogP contribution in [-0.2, 0) is 0 Å². The third kappa shape index (κ3) is 4.09. The van der Waals surface area contributed by atoms with Crippen LogP contribution < -0.4 is 10.2 Å². The molecule has 0 bridgehead atoms. The summed E-state index contributed by atoms with van der Waals surface area (Å²) in [6.07, 6.45) is -1.38. The molecule has 1 atom stereocenters. The van der Waals surface area contributed by atoms with Crippen molar-refractivity contribution in [2.45, 2.75) is 12.5 Å². The lowest BCUT2D eigenvalue weighted by molar-refractivity contribution is 0.0844. The van der Waals surface area contributed by atoms with E-state index in [1.807, 2.05) is 0 Å². The van der Waals surface area contributed by atoms with Crippen LogP contribution in [0.1, 0.15) is 28.4 Å². The number of ketones is 1. The number of phenolic OH excluding ortho intramolecular Hbond substituents is 8. The number of carbonyl (C=O) groups excluding carboxylic acids is 1. The maximum Gasteiger partial charge on any atom is 0.197 e. The second-order valence-electron chi connectivity index (χ2n) is 9.68. The molecule has 0 radical (unpaired) electrons. The zero-order valence-electron chi connectivity index (χ0n) is 21.2. The first-order chi connectivity index (χ1) is 19.9. The van der Waals surface area contributed by atoms with E-state index in [1.165, 1.54) is 18.2 Å². The Bertz CT molecular complexity index is 2020. The molecule has 0 unspecified atom stereocenters. The zero-order valence-corrected chi connectivity index (χ0v) is 21.2. The molecule has 4 aromatic carbocycles. The average Bonchev–Trinajstić information content (AvgIpc) is 2.91. The van der Waals surface area contributed by atoms with Gasteiger partial charge in [-0.2, -0.15) is 0 Å². The van der Waals surface area contributed by atoms with Gasteiger partial charge in [0.1, 0.15) is 57.1 Å². The molecule has 0 spiro atoms. The minimum Gasteiger partial charge on any atom is -0.508 e. The molecule has 1 aromatic heterocycles. The molecule has 12 nitrogen and oxygen atoms in total. The number of carbonyl (C=O) groups is 1. The van der Waals surface area contributed by atoms with Gasteiger partial charge in [-0.1, -0.05) is 0 Å². The molecule has 0 saturated heterocycles. The van der Waals surface area contributed by atoms with Crippen LogP contribution in [0.2, 0.25) is 0 Å². The molecular formula is C30H20O12. The van der Waals surface area contributed by atoms with Crippen LogP contribution in [0.4, 0.5) is 0 Å². The molecule has 5 aromatic rings. The first kappa shape index (κ1) is 26.2. The monoisotopic (exact) mass is 572 g/mol. The van der Waals surface area contributed by atoms with Gasteiger partial charge in [-0.25, -0.2) is 0 Å². The van der Waals surface area contributed by atoms with Crippen molar-refractivity contribution in [1.29, 1.82) is 0 Å². The third-order valence-corrected chi connectivity index (χ3v) is 6.97. The van der Waals surface area contributed by atoms with Gasteiger partial charge < -0.3 is 50.0 Å². The molecule has 0 fully saturated rings. The summed E-state index contributed by atoms with van der Waals surface area (Å²) in [4.78, 5) is 25.9. The molecule has 42 heavy (non-hydrogen) atoms. The molecule has 0 amide bonds. The number of fused-ring (bicyclic) bond motifs is 2. The van der Waals surface area contributed by atoms with Crippen molar-refractivity contribution in [2.75, 3.05) is 0 Å². The first-order valence-electron chi connectivity index (χ1n) is 12.3. The van der Waals surface area contributed by atoms with Gasteiger partial charge in [0.15, 0.2) is 34.2 Å². The average molecular weight is 572 g/mol. The first-order valence-corrected chi connectivity index (χ1v) is 12.3. The number of ether oxygens (including phenoxy) is 1. The molecule has 1 aliphatic heterocycles. The highest BCUT2D eigenvalue weighted by Gasteiger charge is 2.32. The topological polar surface area (TPSA) is 218 Å². The van der Waals surface area contributed by atoms with Crippen molar-refractivity contribution < 1.29 is 54.8 Å². The SMILES string of the molecule is O=C1C[C@@H](c2cc(O)c(O)c(-c3c(O)cc4oc(-c5ccc(O)c(O)c5)cc(=O)c4c3O)c2)Oc2cc(O)cc(O)c21. The summed E-state index contributed by atoms with van der Waals surface area (Å²) in [7, 11) is 0. The Morgan fingerprint density at radius 1 is 0.667 bits per heavy atom. The Morgan fingerprint density at radius 3 is 2.14 bits per heavy atom. The lowest BCUT2D eigenvalue weighted by Gasteiger charge is -2.27. The van der Waals surface area contributed by atoms with Crippen molar-refractivity contribution in [1.82, 2.24) is 0 Å². The fraction of sp³-hybridized carbons (Fsp3) is 0.0667. The molecule has 2 heterocycles. The number of benzene rings is 4. The molecule has 1 aliphatic rings. The Balaban J connectivity index is 1.48. The van der Waals surface area contributed by atoms with E-state index in [0.717, 1.165) is 36.4 Å². The smallest absolute Gasteiger partial charge is 0.197 e. The Kier molecular flexibility index (Phi) is 5.78. The molecule has 12 heteroatoms. The quantitative estimate of drug-likeness (QED) is 0.140. The highest BCUT2D eigenvalue weighted by atomic mass is 16.5. The Hall–Kier alpha value is -6.04. The lowest BCUT2D eigenvalue weighted by Crippen LogP contribution is -2.20. The van der Waals surface area contributed by atoms with Crippen molar-refractivity contribution in [3.05, 3.63) is 75.9 Å². The number of Topliss-reactive ketones (excluding diaryl/α,β-unsaturated/α-hetero) is 1. The fourth-order valence-corrected chi connectivity index (χ4v) is 5.00. The summed E-state index contributed by atoms with van der Waals surface area (Å²) in [6, 6.07) is 10.2. The van der Waals surface area contributed by atoms with Gasteiger partial charge in [0, 0.05) is 35.4 Å². The maximum absolute atomic E-state index is 13.1. The van der Waals surface area contributed by atoms with Crippen molar-refractivity contribution in [2.24, 2.45) is 0 Å². The van der Waals surface area contributed by atoms with E-state index in [-0.39, 0.29) is 56.9 Å². The summed E-state index contributed by atoms with van der Waals surface area (Å²) >= 11 is 0. The highest BCUT2D eigenvalue weighted by molar-refractivity contribution is 6.03. The van der Waals surface area contributed by atoms with E-state index in [4.69, 9.17) is 9.15 Å². The minimum absolute atomic E-state index is 0.0479. The van der Waals surface area contributed by atoms with Crippen molar-refractivity contribution in [3.63, 3.8) is 0 Å². The van der Waals surface area contributed by atoms with Crippen molar-refractivity contribution >= 4 is 16.8 Å². The normalized spacial score (nSPS) is 14.5. The number of hydrogen-bond acceptors (Lipinski definition) is 12. The van der Waals surface area contributed by atoms with E-state index in [9.17, 15) is 50.4 Å². The Labute approximate surface area is 234 Å². The van der Waals surface area contributed by atoms with Crippen molar-refractivity contribution in [3.8, 4) is 74.2 Å². The molecule has 212 valence electrons. The summed E-state index contributed by atoms with van der Waals surface area (Å²) in [5.74, 6) is -5.28. The number of phenols is 8. The molecule has 0 saturated carbocycles. The molecule has 0 aliphatic carbocycles. The maximum atomic E-state index is 13.1. The Morgan fingerprint density at radius 2 is 1.40 bits per heavy atom. The van der Waals surface area contributed by atoms with Crippen LogP contribution in [0.5, 0.6) is 51.7 Å². The highest BCUT2D eigenvalue weighted by Crippen LogP contribution is 2.50. The van der Waals surface area contributed by atoms with Gasteiger partial charge in [-0.15, -0.1) is 0 Å². The van der Waals surface area contributed by atoms with Gasteiger partial charge in [-0.3, -0.25) is 9.59 Å². The predicted octanol–water partition coefficient (Wildman–Crippen LogP) is 4.48. The van der Waals surface area contributed by atoms with E-state index >= 15 is 0 Å². The van der Waals surface area contributed by atoms with Crippen LogP contribution >= 0.6 is 0 Å². The zero-order chi connectivity index (χ0) is 30.0. The summed E-state index contributed by atoms with van der Waals surface area (Å²) in [6.45, 7) is 0. The van der Waals surface area contributed by atoms with Gasteiger partial charge in [0.2, 0.25) is 0 Å². The second kappa shape index (κ2) is 9.27. The summed E-state index contributed by atoms with van der Waals surface area (Å²) in [5, 5.41) is 82.1. The van der Waals surface area contributed by atoms with E-state index < -0.39 is 63.1 Å². The van der Waals surface area contributed by atoms with Crippen LogP contribution in [0.15, 0.2) is 63.8 Å². The van der Waals surface area contributed by atoms with Crippen LogP contribution in [0, 0.1) is 0 Å². The minimum atomic E-state index is -1.07. The predicted molar refractivity (Wildman–Crippen MR) is 145 cm³/mol. The summed E-state index contributed by atoms with van der Waals surface area (Å²) in [5.41, 5.74) is -1.54. The van der Waals surface area contributed by atoms with Crippen LogP contribution in [0.3, 0.4) is 0 Å². The largest absolute Gasteiger partial charge is 0.508 e. The summed E-state index contributed by atoms with van der Waals surface area (Å²) < 4.78 is 11.5. The van der Waals surface area contributed by atoms with Gasteiger partial charge in [-0.05, 0) is 35.9 Å². The number of rotatable bonds is 3. The molecule has 8 N–H and O–H groups in total. The van der Waals surface area contributed by atoms with E-state index in [2.05, 4.69) is 0 Å². The van der Waals surface area contributed by atoms with Gasteiger partial charge >= 0.3 is 0 Å². The molecular weight excluding hydrogens is 552 g/mol. The second-order valence-corrected chi connectivity index (χ2v) is 9.68. The van der Waals surface area contributed by atoms with Crippen LogP contribution in [-0.4, -0.2) is 46.6 Å². The molecule has 6 rings (SSSR count). The number of aromatic hydroxyl groups is 8. The third-order valence-electron chi connectivity index (χ3n) is 6.97. The van der Waals surface area contributed by atoms with Gasteiger partial charge in [0.25, 0.3) is 0 Å². The number of hydrogen-bond donors (Lipinski definition) is 8.